The monoisotopic (exact) mass is 196 g/mol. The van der Waals surface area contributed by atoms with Crippen LogP contribution in [0, 0.1) is 0 Å². The van der Waals surface area contributed by atoms with Crippen molar-refractivity contribution in [2.75, 3.05) is 26.9 Å². The molecule has 0 fully saturated rings. The van der Waals surface area contributed by atoms with Gasteiger partial charge in [0, 0.05) is 26.0 Å². The van der Waals surface area contributed by atoms with Crippen LogP contribution in [0.2, 0.25) is 0 Å². The largest absolute Gasteiger partial charge is 0.382 e. The first-order chi connectivity index (χ1) is 6.93. The van der Waals surface area contributed by atoms with Crippen molar-refractivity contribution in [3.8, 4) is 0 Å². The van der Waals surface area contributed by atoms with E-state index in [1.807, 2.05) is 18.3 Å². The van der Waals surface area contributed by atoms with Gasteiger partial charge in [-0.25, -0.2) is 5.48 Å². The molecule has 4 heteroatoms. The quantitative estimate of drug-likeness (QED) is 0.517. The zero-order chi connectivity index (χ0) is 10.1. The Kier molecular flexibility index (Phi) is 5.90. The lowest BCUT2D eigenvalue weighted by Crippen LogP contribution is -2.20. The summed E-state index contributed by atoms with van der Waals surface area (Å²) in [4.78, 5) is 9.12. The Balaban J connectivity index is 1.99. The first-order valence-corrected chi connectivity index (χ1v) is 4.66. The molecule has 1 rings (SSSR count). The Morgan fingerprint density at radius 1 is 1.43 bits per heavy atom. The summed E-state index contributed by atoms with van der Waals surface area (Å²) >= 11 is 0. The molecular formula is C10H16N2O2. The van der Waals surface area contributed by atoms with Crippen LogP contribution in [-0.4, -0.2) is 31.9 Å². The van der Waals surface area contributed by atoms with E-state index < -0.39 is 0 Å². The molecule has 14 heavy (non-hydrogen) atoms. The summed E-state index contributed by atoms with van der Waals surface area (Å²) in [6, 6.07) is 3.98. The summed E-state index contributed by atoms with van der Waals surface area (Å²) in [7, 11) is 1.65. The van der Waals surface area contributed by atoms with Crippen molar-refractivity contribution < 1.29 is 9.57 Å². The van der Waals surface area contributed by atoms with Crippen LogP contribution >= 0.6 is 0 Å². The smallest absolute Gasteiger partial charge is 0.0915 e. The zero-order valence-electron chi connectivity index (χ0n) is 8.40. The van der Waals surface area contributed by atoms with E-state index in [2.05, 4.69) is 10.5 Å². The summed E-state index contributed by atoms with van der Waals surface area (Å²) in [5, 5.41) is 0. The Hall–Kier alpha value is -0.970. The van der Waals surface area contributed by atoms with Crippen LogP contribution in [0.15, 0.2) is 24.5 Å². The summed E-state index contributed by atoms with van der Waals surface area (Å²) < 4.78 is 4.83. The standard InChI is InChI=1S/C10H16N2O2/c1-13-7-8-14-12-6-4-10-3-2-5-11-9-10/h2-3,5,9,12H,4,6-8H2,1H3. The number of hydrogen-bond acceptors (Lipinski definition) is 4. The molecular weight excluding hydrogens is 180 g/mol. The van der Waals surface area contributed by atoms with Gasteiger partial charge in [0.2, 0.25) is 0 Å². The molecule has 4 nitrogen and oxygen atoms in total. The molecule has 0 aliphatic rings. The molecule has 0 bridgehead atoms. The fourth-order valence-corrected chi connectivity index (χ4v) is 1.01. The Morgan fingerprint density at radius 2 is 2.36 bits per heavy atom. The number of nitrogens with zero attached hydrogens (tertiary/aromatic N) is 1. The molecule has 0 atom stereocenters. The minimum atomic E-state index is 0.573. The van der Waals surface area contributed by atoms with E-state index in [0.717, 1.165) is 13.0 Å². The summed E-state index contributed by atoms with van der Waals surface area (Å²) in [6.45, 7) is 1.97. The molecule has 0 unspecified atom stereocenters. The molecule has 1 heterocycles. The fraction of sp³-hybridized carbons (Fsp3) is 0.500. The lowest BCUT2D eigenvalue weighted by molar-refractivity contribution is 0.00759. The fourth-order valence-electron chi connectivity index (χ4n) is 1.01. The molecule has 0 spiro atoms. The minimum absolute atomic E-state index is 0.573. The van der Waals surface area contributed by atoms with Crippen LogP contribution in [0.5, 0.6) is 0 Å². The highest BCUT2D eigenvalue weighted by molar-refractivity contribution is 5.08. The molecule has 1 aromatic heterocycles. The number of rotatable bonds is 7. The van der Waals surface area contributed by atoms with E-state index in [0.29, 0.717) is 13.2 Å². The van der Waals surface area contributed by atoms with Crippen molar-refractivity contribution in [1.82, 2.24) is 10.5 Å². The molecule has 0 aliphatic carbocycles. The average molecular weight is 196 g/mol. The highest BCUT2D eigenvalue weighted by Crippen LogP contribution is 1.94. The normalized spacial score (nSPS) is 10.4. The maximum absolute atomic E-state index is 5.10. The third-order valence-electron chi connectivity index (χ3n) is 1.73. The van der Waals surface area contributed by atoms with Crippen LogP contribution in [0.25, 0.3) is 0 Å². The second kappa shape index (κ2) is 7.44. The SMILES string of the molecule is COCCONCCc1cccnc1. The van der Waals surface area contributed by atoms with E-state index in [9.17, 15) is 0 Å². The van der Waals surface area contributed by atoms with Gasteiger partial charge in [0.25, 0.3) is 0 Å². The van der Waals surface area contributed by atoms with Crippen LogP contribution < -0.4 is 5.48 Å². The molecule has 0 radical (unpaired) electrons. The maximum atomic E-state index is 5.10. The number of hydrogen-bond donors (Lipinski definition) is 1. The number of ether oxygens (including phenoxy) is 1. The van der Waals surface area contributed by atoms with Gasteiger partial charge < -0.3 is 4.74 Å². The highest BCUT2D eigenvalue weighted by Gasteiger charge is 1.91. The second-order valence-corrected chi connectivity index (χ2v) is 2.85. The molecule has 0 saturated heterocycles. The number of methoxy groups -OCH3 is 1. The third-order valence-corrected chi connectivity index (χ3v) is 1.73. The highest BCUT2D eigenvalue weighted by atomic mass is 16.7. The third kappa shape index (κ3) is 4.91. The molecule has 0 saturated carbocycles. The van der Waals surface area contributed by atoms with Gasteiger partial charge in [0.1, 0.15) is 0 Å². The first-order valence-electron chi connectivity index (χ1n) is 4.66. The van der Waals surface area contributed by atoms with Crippen molar-refractivity contribution in [3.05, 3.63) is 30.1 Å². The van der Waals surface area contributed by atoms with Crippen molar-refractivity contribution in [3.63, 3.8) is 0 Å². The number of aromatic nitrogens is 1. The summed E-state index contributed by atoms with van der Waals surface area (Å²) in [5.74, 6) is 0. The van der Waals surface area contributed by atoms with E-state index in [-0.39, 0.29) is 0 Å². The van der Waals surface area contributed by atoms with Crippen molar-refractivity contribution >= 4 is 0 Å². The van der Waals surface area contributed by atoms with E-state index >= 15 is 0 Å². The van der Waals surface area contributed by atoms with Gasteiger partial charge in [-0.2, -0.15) is 0 Å². The summed E-state index contributed by atoms with van der Waals surface area (Å²) in [5.41, 5.74) is 4.06. The predicted octanol–water partition coefficient (Wildman–Crippen LogP) is 0.792. The summed E-state index contributed by atoms with van der Waals surface area (Å²) in [6.07, 6.45) is 4.55. The van der Waals surface area contributed by atoms with E-state index in [4.69, 9.17) is 9.57 Å². The molecule has 1 N–H and O–H groups in total. The van der Waals surface area contributed by atoms with Gasteiger partial charge in [-0.3, -0.25) is 9.82 Å². The lowest BCUT2D eigenvalue weighted by atomic mass is 10.2. The minimum Gasteiger partial charge on any atom is -0.382 e. The van der Waals surface area contributed by atoms with Gasteiger partial charge in [-0.1, -0.05) is 6.07 Å². The lowest BCUT2D eigenvalue weighted by Gasteiger charge is -2.04. The van der Waals surface area contributed by atoms with E-state index in [1.54, 1.807) is 13.3 Å². The first kappa shape index (κ1) is 11.1. The molecule has 78 valence electrons. The van der Waals surface area contributed by atoms with Gasteiger partial charge >= 0.3 is 0 Å². The average Bonchev–Trinajstić information content (AvgIpc) is 2.25. The van der Waals surface area contributed by atoms with Gasteiger partial charge in [0.05, 0.1) is 13.2 Å². The topological polar surface area (TPSA) is 43.4 Å². The predicted molar refractivity (Wildman–Crippen MR) is 53.8 cm³/mol. The second-order valence-electron chi connectivity index (χ2n) is 2.85. The van der Waals surface area contributed by atoms with Gasteiger partial charge in [-0.05, 0) is 18.1 Å². The molecule has 0 aromatic carbocycles. The van der Waals surface area contributed by atoms with Crippen molar-refractivity contribution in [2.45, 2.75) is 6.42 Å². The van der Waals surface area contributed by atoms with Crippen molar-refractivity contribution in [1.29, 1.82) is 0 Å². The maximum Gasteiger partial charge on any atom is 0.0915 e. The number of hydroxylamine groups is 1. The van der Waals surface area contributed by atoms with Crippen LogP contribution in [0.4, 0.5) is 0 Å². The van der Waals surface area contributed by atoms with Crippen LogP contribution in [0.1, 0.15) is 5.56 Å². The number of pyridine rings is 1. The van der Waals surface area contributed by atoms with Gasteiger partial charge in [0.15, 0.2) is 0 Å². The Bertz CT molecular complexity index is 229. The Morgan fingerprint density at radius 3 is 3.07 bits per heavy atom. The van der Waals surface area contributed by atoms with E-state index in [1.165, 1.54) is 5.56 Å². The number of nitrogens with one attached hydrogen (secondary N) is 1. The van der Waals surface area contributed by atoms with Crippen LogP contribution in [0.3, 0.4) is 0 Å². The zero-order valence-corrected chi connectivity index (χ0v) is 8.40. The van der Waals surface area contributed by atoms with Crippen molar-refractivity contribution in [2.24, 2.45) is 0 Å². The molecule has 0 aliphatic heterocycles. The van der Waals surface area contributed by atoms with Gasteiger partial charge in [-0.15, -0.1) is 0 Å². The molecule has 0 amide bonds. The Labute approximate surface area is 84.2 Å². The van der Waals surface area contributed by atoms with Crippen LogP contribution in [-0.2, 0) is 16.0 Å². The molecule has 1 aromatic rings.